The van der Waals surface area contributed by atoms with E-state index in [0.29, 0.717) is 11.3 Å². The summed E-state index contributed by atoms with van der Waals surface area (Å²) in [6.07, 6.45) is 3.35. The number of amides is 1. The molecule has 1 heterocycles. The molecule has 0 radical (unpaired) electrons. The molecule has 2 rings (SSSR count). The summed E-state index contributed by atoms with van der Waals surface area (Å²) in [6.45, 7) is 1.74. The van der Waals surface area contributed by atoms with Gasteiger partial charge in [0.2, 0.25) is 0 Å². The van der Waals surface area contributed by atoms with Gasteiger partial charge in [0.25, 0.3) is 11.6 Å². The van der Waals surface area contributed by atoms with Gasteiger partial charge in [-0.25, -0.2) is 5.01 Å². The Morgan fingerprint density at radius 2 is 1.95 bits per heavy atom. The quantitative estimate of drug-likeness (QED) is 0.679. The molecule has 1 fully saturated rings. The van der Waals surface area contributed by atoms with Crippen molar-refractivity contribution in [1.29, 1.82) is 0 Å². The van der Waals surface area contributed by atoms with Gasteiger partial charge in [0, 0.05) is 38.8 Å². The van der Waals surface area contributed by atoms with Gasteiger partial charge in [0.1, 0.15) is 5.69 Å². The number of rotatable bonds is 4. The Balaban J connectivity index is 2.24. The number of carbonyl (C=O) groups excluding carboxylic acids is 1. The smallest absolute Gasteiger partial charge is 0.294 e. The van der Waals surface area contributed by atoms with E-state index in [-0.39, 0.29) is 11.6 Å². The van der Waals surface area contributed by atoms with Crippen molar-refractivity contribution >= 4 is 17.3 Å². The largest absolute Gasteiger partial charge is 0.345 e. The Hall–Kier alpha value is -2.15. The fourth-order valence-electron chi connectivity index (χ4n) is 2.34. The molecule has 1 aromatic rings. The number of nitrogens with one attached hydrogen (secondary N) is 1. The molecule has 0 bridgehead atoms. The number of nitro benzene ring substituents is 1. The van der Waals surface area contributed by atoms with Crippen molar-refractivity contribution in [3.63, 3.8) is 0 Å². The Kier molecular flexibility index (Phi) is 4.74. The first kappa shape index (κ1) is 15.2. The maximum absolute atomic E-state index is 11.9. The van der Waals surface area contributed by atoms with Crippen LogP contribution in [0, 0.1) is 10.1 Å². The van der Waals surface area contributed by atoms with E-state index in [0.717, 1.165) is 25.9 Å². The van der Waals surface area contributed by atoms with Gasteiger partial charge in [-0.3, -0.25) is 14.9 Å². The van der Waals surface area contributed by atoms with Crippen molar-refractivity contribution in [2.45, 2.75) is 19.3 Å². The zero-order chi connectivity index (χ0) is 15.4. The average Bonchev–Trinajstić information content (AvgIpc) is 2.47. The lowest BCUT2D eigenvalue weighted by Gasteiger charge is -2.27. The highest BCUT2D eigenvalue weighted by atomic mass is 16.6. The molecule has 0 aromatic heterocycles. The van der Waals surface area contributed by atoms with Crippen molar-refractivity contribution in [2.75, 3.05) is 32.6 Å². The van der Waals surface area contributed by atoms with Crippen LogP contribution in [0.3, 0.4) is 0 Å². The molecule has 1 aromatic carbocycles. The maximum Gasteiger partial charge on any atom is 0.294 e. The molecule has 7 heteroatoms. The molecule has 1 aliphatic rings. The lowest BCUT2D eigenvalue weighted by molar-refractivity contribution is -0.384. The molecule has 0 aliphatic carbocycles. The molecule has 1 amide bonds. The lowest BCUT2D eigenvalue weighted by Crippen LogP contribution is -2.35. The van der Waals surface area contributed by atoms with Crippen LogP contribution >= 0.6 is 0 Å². The molecule has 7 nitrogen and oxygen atoms in total. The van der Waals surface area contributed by atoms with Gasteiger partial charge in [-0.1, -0.05) is 6.42 Å². The van der Waals surface area contributed by atoms with Crippen molar-refractivity contribution in [1.82, 2.24) is 9.91 Å². The van der Waals surface area contributed by atoms with Crippen molar-refractivity contribution in [3.8, 4) is 0 Å². The van der Waals surface area contributed by atoms with Crippen LogP contribution in [-0.2, 0) is 0 Å². The number of nitrogens with zero attached hydrogens (tertiary/aromatic N) is 3. The van der Waals surface area contributed by atoms with Crippen LogP contribution in [0.25, 0.3) is 0 Å². The maximum atomic E-state index is 11.9. The minimum Gasteiger partial charge on any atom is -0.345 e. The third-order valence-electron chi connectivity index (χ3n) is 3.48. The molecule has 0 spiro atoms. The molecule has 21 heavy (non-hydrogen) atoms. The number of hydrogen-bond donors (Lipinski definition) is 1. The summed E-state index contributed by atoms with van der Waals surface area (Å²) in [4.78, 5) is 24.1. The Morgan fingerprint density at radius 1 is 1.29 bits per heavy atom. The van der Waals surface area contributed by atoms with Gasteiger partial charge in [-0.15, -0.1) is 0 Å². The molecular formula is C14H20N4O3. The Morgan fingerprint density at radius 3 is 2.52 bits per heavy atom. The van der Waals surface area contributed by atoms with Crippen LogP contribution in [0.5, 0.6) is 0 Å². The van der Waals surface area contributed by atoms with E-state index in [9.17, 15) is 14.9 Å². The molecular weight excluding hydrogens is 272 g/mol. The highest BCUT2D eigenvalue weighted by Crippen LogP contribution is 2.27. The summed E-state index contributed by atoms with van der Waals surface area (Å²) in [5.74, 6) is -0.248. The Labute approximate surface area is 123 Å². The number of benzene rings is 1. The van der Waals surface area contributed by atoms with E-state index in [4.69, 9.17) is 0 Å². The van der Waals surface area contributed by atoms with Gasteiger partial charge in [-0.05, 0) is 25.0 Å². The topological polar surface area (TPSA) is 78.7 Å². The number of hydrazine groups is 1. The van der Waals surface area contributed by atoms with Crippen molar-refractivity contribution in [3.05, 3.63) is 33.9 Å². The fraction of sp³-hybridized carbons (Fsp3) is 0.500. The normalized spacial score (nSPS) is 15.5. The van der Waals surface area contributed by atoms with Gasteiger partial charge < -0.3 is 10.3 Å². The van der Waals surface area contributed by atoms with Gasteiger partial charge in [0.15, 0.2) is 0 Å². The first-order valence-electron chi connectivity index (χ1n) is 7.01. The summed E-state index contributed by atoms with van der Waals surface area (Å²) in [6, 6.07) is 4.54. The highest BCUT2D eigenvalue weighted by molar-refractivity contribution is 5.95. The van der Waals surface area contributed by atoms with Crippen molar-refractivity contribution < 1.29 is 9.72 Å². The molecule has 1 N–H and O–H groups in total. The second-order valence-electron chi connectivity index (χ2n) is 5.35. The summed E-state index contributed by atoms with van der Waals surface area (Å²) < 4.78 is 0. The van der Waals surface area contributed by atoms with Gasteiger partial charge in [0.05, 0.1) is 4.92 Å². The average molecular weight is 292 g/mol. The molecule has 0 saturated carbocycles. The van der Waals surface area contributed by atoms with E-state index in [1.165, 1.54) is 17.4 Å². The number of hydrogen-bond acceptors (Lipinski definition) is 5. The predicted molar refractivity (Wildman–Crippen MR) is 80.2 cm³/mol. The zero-order valence-electron chi connectivity index (χ0n) is 12.3. The van der Waals surface area contributed by atoms with Crippen molar-refractivity contribution in [2.24, 2.45) is 0 Å². The van der Waals surface area contributed by atoms with Crippen LogP contribution in [0.2, 0.25) is 0 Å². The van der Waals surface area contributed by atoms with Crippen LogP contribution in [0.4, 0.5) is 11.4 Å². The van der Waals surface area contributed by atoms with Crippen LogP contribution in [-0.4, -0.2) is 47.9 Å². The van der Waals surface area contributed by atoms with Crippen LogP contribution < -0.4 is 5.43 Å². The first-order chi connectivity index (χ1) is 9.99. The summed E-state index contributed by atoms with van der Waals surface area (Å²) in [7, 11) is 3.24. The molecule has 0 unspecified atom stereocenters. The number of anilines is 1. The summed E-state index contributed by atoms with van der Waals surface area (Å²) in [5, 5.41) is 13.2. The molecule has 0 atom stereocenters. The standard InChI is InChI=1S/C14H20N4O3/c1-16(2)14(19)11-6-7-12(13(10-11)18(20)21)15-17-8-4-3-5-9-17/h6-7,10,15H,3-5,8-9H2,1-2H3. The highest BCUT2D eigenvalue weighted by Gasteiger charge is 2.20. The van der Waals surface area contributed by atoms with E-state index in [1.807, 2.05) is 5.01 Å². The fourth-order valence-corrected chi connectivity index (χ4v) is 2.34. The predicted octanol–water partition coefficient (Wildman–Crippen LogP) is 2.11. The summed E-state index contributed by atoms with van der Waals surface area (Å²) >= 11 is 0. The third kappa shape index (κ3) is 3.69. The minimum absolute atomic E-state index is 0.0757. The second-order valence-corrected chi connectivity index (χ2v) is 5.35. The number of nitro groups is 1. The zero-order valence-corrected chi connectivity index (χ0v) is 12.3. The molecule has 1 aliphatic heterocycles. The first-order valence-corrected chi connectivity index (χ1v) is 7.01. The SMILES string of the molecule is CN(C)C(=O)c1ccc(NN2CCCCC2)c([N+](=O)[O-])c1. The number of carbonyl (C=O) groups is 1. The number of piperidine rings is 1. The molecule has 1 saturated heterocycles. The Bertz CT molecular complexity index is 539. The summed E-state index contributed by atoms with van der Waals surface area (Å²) in [5.41, 5.74) is 3.76. The monoisotopic (exact) mass is 292 g/mol. The minimum atomic E-state index is -0.460. The third-order valence-corrected chi connectivity index (χ3v) is 3.48. The van der Waals surface area contributed by atoms with Crippen LogP contribution in [0.15, 0.2) is 18.2 Å². The van der Waals surface area contributed by atoms with E-state index >= 15 is 0 Å². The van der Waals surface area contributed by atoms with Gasteiger partial charge in [-0.2, -0.15) is 0 Å². The van der Waals surface area contributed by atoms with E-state index < -0.39 is 4.92 Å². The van der Waals surface area contributed by atoms with E-state index in [1.54, 1.807) is 26.2 Å². The lowest BCUT2D eigenvalue weighted by atomic mass is 10.1. The van der Waals surface area contributed by atoms with Crippen LogP contribution in [0.1, 0.15) is 29.6 Å². The van der Waals surface area contributed by atoms with Gasteiger partial charge >= 0.3 is 0 Å². The second kappa shape index (κ2) is 6.53. The van der Waals surface area contributed by atoms with E-state index in [2.05, 4.69) is 5.43 Å². The molecule has 114 valence electrons.